The number of fused-ring (bicyclic) bond motifs is 1. The summed E-state index contributed by atoms with van der Waals surface area (Å²) in [6, 6.07) is 10.1. The van der Waals surface area contributed by atoms with Gasteiger partial charge in [-0.15, -0.1) is 0 Å². The molecule has 0 aliphatic carbocycles. The van der Waals surface area contributed by atoms with E-state index in [0.717, 1.165) is 74.2 Å². The SMILES string of the molecule is c1ccc2[nH]c(CCCNc3cc(N4CCOCC4)ncn3)nc2c1. The van der Waals surface area contributed by atoms with Crippen LogP contribution < -0.4 is 10.2 Å². The standard InChI is InChI=1S/C18H22N6O/c1-2-5-15-14(4-1)22-16(23-15)6-3-7-19-17-12-18(21-13-20-17)24-8-10-25-11-9-24/h1-2,4-5,12-13H,3,6-11H2,(H,22,23)(H,19,20,21). The number of morpholine rings is 1. The van der Waals surface area contributed by atoms with Crippen LogP contribution in [0.2, 0.25) is 0 Å². The lowest BCUT2D eigenvalue weighted by Gasteiger charge is -2.27. The van der Waals surface area contributed by atoms with Crippen molar-refractivity contribution >= 4 is 22.7 Å². The molecule has 1 saturated heterocycles. The van der Waals surface area contributed by atoms with Crippen molar-refractivity contribution in [2.24, 2.45) is 0 Å². The third-order valence-corrected chi connectivity index (χ3v) is 4.32. The molecule has 2 aromatic heterocycles. The average molecular weight is 338 g/mol. The molecule has 0 spiro atoms. The number of nitrogens with one attached hydrogen (secondary N) is 2. The summed E-state index contributed by atoms with van der Waals surface area (Å²) in [5, 5.41) is 3.38. The monoisotopic (exact) mass is 338 g/mol. The van der Waals surface area contributed by atoms with E-state index in [1.165, 1.54) is 0 Å². The third-order valence-electron chi connectivity index (χ3n) is 4.32. The van der Waals surface area contributed by atoms with Gasteiger partial charge in [0.1, 0.15) is 23.8 Å². The zero-order valence-electron chi connectivity index (χ0n) is 14.1. The molecule has 1 aliphatic rings. The molecule has 0 radical (unpaired) electrons. The Morgan fingerprint density at radius 1 is 1.16 bits per heavy atom. The van der Waals surface area contributed by atoms with Gasteiger partial charge in [0.2, 0.25) is 0 Å². The van der Waals surface area contributed by atoms with Crippen molar-refractivity contribution in [3.8, 4) is 0 Å². The molecule has 1 aliphatic heterocycles. The molecule has 0 unspecified atom stereocenters. The Hall–Kier alpha value is -2.67. The number of ether oxygens (including phenoxy) is 1. The number of aromatic nitrogens is 4. The second kappa shape index (κ2) is 7.48. The zero-order chi connectivity index (χ0) is 16.9. The van der Waals surface area contributed by atoms with E-state index < -0.39 is 0 Å². The van der Waals surface area contributed by atoms with Crippen LogP contribution in [-0.4, -0.2) is 52.8 Å². The fraction of sp³-hybridized carbons (Fsp3) is 0.389. The number of benzene rings is 1. The van der Waals surface area contributed by atoms with Crippen LogP contribution in [0.4, 0.5) is 11.6 Å². The molecule has 3 heterocycles. The highest BCUT2D eigenvalue weighted by Crippen LogP contribution is 2.16. The maximum atomic E-state index is 5.39. The summed E-state index contributed by atoms with van der Waals surface area (Å²) in [6.07, 6.45) is 3.51. The Bertz CT molecular complexity index is 794. The molecule has 0 amide bonds. The Morgan fingerprint density at radius 2 is 2.04 bits per heavy atom. The minimum Gasteiger partial charge on any atom is -0.378 e. The van der Waals surface area contributed by atoms with Crippen LogP contribution in [0.5, 0.6) is 0 Å². The van der Waals surface area contributed by atoms with E-state index in [9.17, 15) is 0 Å². The summed E-state index contributed by atoms with van der Waals surface area (Å²) >= 11 is 0. The van der Waals surface area contributed by atoms with Gasteiger partial charge < -0.3 is 19.9 Å². The first kappa shape index (κ1) is 15.8. The van der Waals surface area contributed by atoms with Crippen molar-refractivity contribution in [3.63, 3.8) is 0 Å². The molecular weight excluding hydrogens is 316 g/mol. The molecule has 7 heteroatoms. The third kappa shape index (κ3) is 3.88. The van der Waals surface area contributed by atoms with Crippen LogP contribution in [0.25, 0.3) is 11.0 Å². The lowest BCUT2D eigenvalue weighted by atomic mass is 10.3. The summed E-state index contributed by atoms with van der Waals surface area (Å²) in [6.45, 7) is 4.11. The molecule has 0 atom stereocenters. The van der Waals surface area contributed by atoms with Gasteiger partial charge in [-0.1, -0.05) is 12.1 Å². The van der Waals surface area contributed by atoms with Crippen LogP contribution in [-0.2, 0) is 11.2 Å². The number of hydrogen-bond acceptors (Lipinski definition) is 6. The molecule has 2 N–H and O–H groups in total. The smallest absolute Gasteiger partial charge is 0.134 e. The second-order valence-electron chi connectivity index (χ2n) is 6.09. The molecule has 4 rings (SSSR count). The number of nitrogens with zero attached hydrogens (tertiary/aromatic N) is 4. The van der Waals surface area contributed by atoms with Crippen LogP contribution in [0.15, 0.2) is 36.7 Å². The van der Waals surface area contributed by atoms with Crippen molar-refractivity contribution < 1.29 is 4.74 Å². The van der Waals surface area contributed by atoms with E-state index in [2.05, 4.69) is 36.2 Å². The normalized spacial score (nSPS) is 14.8. The lowest BCUT2D eigenvalue weighted by Crippen LogP contribution is -2.36. The number of rotatable bonds is 6. The fourth-order valence-electron chi connectivity index (χ4n) is 3.01. The number of anilines is 2. The van der Waals surface area contributed by atoms with Crippen LogP contribution in [0, 0.1) is 0 Å². The Labute approximate surface area is 146 Å². The molecule has 3 aromatic rings. The Kier molecular flexibility index (Phi) is 4.74. The first-order chi connectivity index (χ1) is 12.4. The Balaban J connectivity index is 1.29. The van der Waals surface area contributed by atoms with Crippen molar-refractivity contribution in [3.05, 3.63) is 42.5 Å². The second-order valence-corrected chi connectivity index (χ2v) is 6.09. The number of aryl methyl sites for hydroxylation is 1. The number of H-pyrrole nitrogens is 1. The van der Waals surface area contributed by atoms with Crippen molar-refractivity contribution in [1.82, 2.24) is 19.9 Å². The topological polar surface area (TPSA) is 79.0 Å². The minimum absolute atomic E-state index is 0.754. The highest BCUT2D eigenvalue weighted by atomic mass is 16.5. The number of imidazole rings is 1. The quantitative estimate of drug-likeness (QED) is 0.671. The average Bonchev–Trinajstić information content (AvgIpc) is 3.09. The Morgan fingerprint density at radius 3 is 2.92 bits per heavy atom. The fourth-order valence-corrected chi connectivity index (χ4v) is 3.01. The van der Waals surface area contributed by atoms with E-state index in [4.69, 9.17) is 4.74 Å². The molecule has 0 bridgehead atoms. The van der Waals surface area contributed by atoms with Crippen molar-refractivity contribution in [1.29, 1.82) is 0 Å². The van der Waals surface area contributed by atoms with Gasteiger partial charge in [-0.05, 0) is 18.6 Å². The molecular formula is C18H22N6O. The number of hydrogen-bond donors (Lipinski definition) is 2. The van der Waals surface area contributed by atoms with Gasteiger partial charge in [0.15, 0.2) is 0 Å². The molecule has 130 valence electrons. The maximum absolute atomic E-state index is 5.39. The lowest BCUT2D eigenvalue weighted by molar-refractivity contribution is 0.122. The molecule has 0 saturated carbocycles. The van der Waals surface area contributed by atoms with E-state index in [-0.39, 0.29) is 0 Å². The summed E-state index contributed by atoms with van der Waals surface area (Å²) in [7, 11) is 0. The van der Waals surface area contributed by atoms with E-state index >= 15 is 0 Å². The number of aromatic amines is 1. The maximum Gasteiger partial charge on any atom is 0.134 e. The van der Waals surface area contributed by atoms with Crippen molar-refractivity contribution in [2.75, 3.05) is 43.1 Å². The van der Waals surface area contributed by atoms with Crippen LogP contribution in [0.1, 0.15) is 12.2 Å². The molecule has 1 fully saturated rings. The zero-order valence-corrected chi connectivity index (χ0v) is 14.1. The highest BCUT2D eigenvalue weighted by Gasteiger charge is 2.12. The predicted molar refractivity (Wildman–Crippen MR) is 98.0 cm³/mol. The predicted octanol–water partition coefficient (Wildman–Crippen LogP) is 2.23. The van der Waals surface area contributed by atoms with Gasteiger partial charge in [-0.2, -0.15) is 0 Å². The van der Waals surface area contributed by atoms with Gasteiger partial charge in [-0.3, -0.25) is 0 Å². The minimum atomic E-state index is 0.754. The summed E-state index contributed by atoms with van der Waals surface area (Å²) in [5.74, 6) is 2.85. The number of para-hydroxylation sites is 2. The van der Waals surface area contributed by atoms with Gasteiger partial charge in [0, 0.05) is 32.1 Å². The largest absolute Gasteiger partial charge is 0.378 e. The summed E-state index contributed by atoms with van der Waals surface area (Å²) in [4.78, 5) is 18.9. The van der Waals surface area contributed by atoms with Gasteiger partial charge in [-0.25, -0.2) is 15.0 Å². The van der Waals surface area contributed by atoms with E-state index in [0.29, 0.717) is 0 Å². The van der Waals surface area contributed by atoms with E-state index in [1.54, 1.807) is 6.33 Å². The first-order valence-corrected chi connectivity index (χ1v) is 8.71. The van der Waals surface area contributed by atoms with Gasteiger partial charge >= 0.3 is 0 Å². The molecule has 7 nitrogen and oxygen atoms in total. The first-order valence-electron chi connectivity index (χ1n) is 8.71. The van der Waals surface area contributed by atoms with Gasteiger partial charge in [0.05, 0.1) is 24.2 Å². The van der Waals surface area contributed by atoms with Gasteiger partial charge in [0.25, 0.3) is 0 Å². The summed E-state index contributed by atoms with van der Waals surface area (Å²) in [5.41, 5.74) is 2.12. The van der Waals surface area contributed by atoms with Crippen LogP contribution in [0.3, 0.4) is 0 Å². The molecule has 1 aromatic carbocycles. The molecule has 25 heavy (non-hydrogen) atoms. The van der Waals surface area contributed by atoms with Crippen molar-refractivity contribution in [2.45, 2.75) is 12.8 Å². The summed E-state index contributed by atoms with van der Waals surface area (Å²) < 4.78 is 5.39. The van der Waals surface area contributed by atoms with Crippen LogP contribution >= 0.6 is 0 Å². The highest BCUT2D eigenvalue weighted by molar-refractivity contribution is 5.74. The van der Waals surface area contributed by atoms with E-state index in [1.807, 2.05) is 24.3 Å².